The van der Waals surface area contributed by atoms with E-state index in [-0.39, 0.29) is 6.42 Å². The van der Waals surface area contributed by atoms with Crippen LogP contribution in [0.25, 0.3) is 0 Å². The maximum absolute atomic E-state index is 10.1. The number of carboxylic acid groups (broad SMARTS) is 1. The van der Waals surface area contributed by atoms with Crippen LogP contribution in [0.2, 0.25) is 0 Å². The third-order valence-electron chi connectivity index (χ3n) is 6.55. The van der Waals surface area contributed by atoms with Crippen molar-refractivity contribution in [2.24, 2.45) is 0 Å². The number of unbranched alkanes of at least 4 members (excludes halogenated alkanes) is 8. The van der Waals surface area contributed by atoms with Crippen LogP contribution in [0.1, 0.15) is 96.1 Å². The lowest BCUT2D eigenvalue weighted by atomic mass is 10.1. The molecule has 2 aromatic carbocycles. The van der Waals surface area contributed by atoms with Gasteiger partial charge >= 0.3 is 0 Å². The summed E-state index contributed by atoms with van der Waals surface area (Å²) in [4.78, 5) is 10.1. The van der Waals surface area contributed by atoms with E-state index in [1.165, 1.54) is 69.2 Å². The molecular weight excluding hydrogens is 406 g/mol. The number of quaternary nitrogens is 1. The molecule has 0 saturated carbocycles. The molecule has 0 saturated heterocycles. The van der Waals surface area contributed by atoms with E-state index in [9.17, 15) is 9.90 Å². The molecule has 0 fully saturated rings. The molecule has 0 spiro atoms. The minimum Gasteiger partial charge on any atom is -0.550 e. The molecule has 33 heavy (non-hydrogen) atoms. The van der Waals surface area contributed by atoms with Gasteiger partial charge in [-0.2, -0.15) is 0 Å². The summed E-state index contributed by atoms with van der Waals surface area (Å²) in [6.45, 7) is 11.4. The monoisotopic (exact) mass is 453 g/mol. The van der Waals surface area contributed by atoms with Gasteiger partial charge in [0.2, 0.25) is 0 Å². The van der Waals surface area contributed by atoms with Gasteiger partial charge < -0.3 is 14.4 Å². The number of hydrogen-bond acceptors (Lipinski definition) is 2. The largest absolute Gasteiger partial charge is 0.550 e. The van der Waals surface area contributed by atoms with Crippen LogP contribution in [0, 0.1) is 0 Å². The van der Waals surface area contributed by atoms with Crippen molar-refractivity contribution in [1.29, 1.82) is 0 Å². The Labute approximate surface area is 203 Å². The first-order chi connectivity index (χ1) is 16.0. The molecule has 0 amide bonds. The second-order valence-corrected chi connectivity index (χ2v) is 9.21. The van der Waals surface area contributed by atoms with E-state index in [1.54, 1.807) is 0 Å². The van der Waals surface area contributed by atoms with Crippen molar-refractivity contribution in [3.63, 3.8) is 0 Å². The van der Waals surface area contributed by atoms with Crippen LogP contribution in [-0.4, -0.2) is 23.5 Å². The highest BCUT2D eigenvalue weighted by molar-refractivity contribution is 5.64. The molecule has 0 aliphatic rings. The zero-order valence-electron chi connectivity index (χ0n) is 21.4. The highest BCUT2D eigenvalue weighted by Gasteiger charge is 2.24. The highest BCUT2D eigenvalue weighted by Crippen LogP contribution is 2.19. The minimum absolute atomic E-state index is 0.232. The van der Waals surface area contributed by atoms with Crippen LogP contribution in [0.5, 0.6) is 0 Å². The Balaban J connectivity index is 0.000000349. The summed E-state index contributed by atoms with van der Waals surface area (Å²) in [6, 6.07) is 21.7. The number of nitrogens with zero attached hydrogens (tertiary/aromatic N) is 1. The predicted octanol–water partition coefficient (Wildman–Crippen LogP) is 6.90. The maximum atomic E-state index is 10.1. The molecule has 0 unspecified atom stereocenters. The zero-order chi connectivity index (χ0) is 24.2. The SMILES string of the molecule is CCCCCCCCCCCC(=O)[O-].CC[N+](CC)(Cc1ccccc1)Cc1ccccc1. The Bertz CT molecular complexity index is 667. The number of carbonyl (C=O) groups excluding carboxylic acids is 1. The molecule has 0 N–H and O–H groups in total. The fraction of sp³-hybridized carbons (Fsp3) is 0.567. The average molecular weight is 454 g/mol. The summed E-state index contributed by atoms with van der Waals surface area (Å²) < 4.78 is 1.12. The molecule has 2 rings (SSSR count). The summed E-state index contributed by atoms with van der Waals surface area (Å²) in [5.41, 5.74) is 2.87. The third kappa shape index (κ3) is 13.9. The van der Waals surface area contributed by atoms with Gasteiger partial charge in [-0.15, -0.1) is 0 Å². The summed E-state index contributed by atoms with van der Waals surface area (Å²) in [5, 5.41) is 10.1. The van der Waals surface area contributed by atoms with Gasteiger partial charge in [-0.25, -0.2) is 0 Å². The fourth-order valence-corrected chi connectivity index (χ4v) is 4.25. The van der Waals surface area contributed by atoms with E-state index in [1.807, 2.05) is 0 Å². The van der Waals surface area contributed by atoms with E-state index in [0.29, 0.717) is 0 Å². The van der Waals surface area contributed by atoms with Crippen molar-refractivity contribution < 1.29 is 14.4 Å². The Morgan fingerprint density at radius 3 is 1.39 bits per heavy atom. The summed E-state index contributed by atoms with van der Waals surface area (Å²) in [5.74, 6) is -0.909. The van der Waals surface area contributed by atoms with Crippen LogP contribution in [0.4, 0.5) is 0 Å². The van der Waals surface area contributed by atoms with E-state index in [2.05, 4.69) is 81.4 Å². The van der Waals surface area contributed by atoms with Crippen LogP contribution in [0.3, 0.4) is 0 Å². The van der Waals surface area contributed by atoms with Gasteiger partial charge in [-0.3, -0.25) is 0 Å². The van der Waals surface area contributed by atoms with E-state index in [4.69, 9.17) is 0 Å². The molecule has 0 aromatic heterocycles. The Kier molecular flexibility index (Phi) is 16.0. The quantitative estimate of drug-likeness (QED) is 0.205. The number of rotatable bonds is 16. The summed E-state index contributed by atoms with van der Waals surface area (Å²) in [6.07, 6.45) is 11.2. The maximum Gasteiger partial charge on any atom is 0.105 e. The highest BCUT2D eigenvalue weighted by atomic mass is 16.4. The molecule has 0 aliphatic carbocycles. The van der Waals surface area contributed by atoms with Gasteiger partial charge in [-0.1, -0.05) is 119 Å². The topological polar surface area (TPSA) is 40.1 Å². The lowest BCUT2D eigenvalue weighted by molar-refractivity contribution is -0.950. The first-order valence-electron chi connectivity index (χ1n) is 13.2. The van der Waals surface area contributed by atoms with Crippen molar-refractivity contribution in [2.75, 3.05) is 13.1 Å². The first-order valence-corrected chi connectivity index (χ1v) is 13.2. The predicted molar refractivity (Wildman–Crippen MR) is 138 cm³/mol. The van der Waals surface area contributed by atoms with Gasteiger partial charge in [0, 0.05) is 17.1 Å². The number of aliphatic carboxylic acids is 1. The molecule has 0 atom stereocenters. The van der Waals surface area contributed by atoms with Crippen molar-refractivity contribution in [2.45, 2.75) is 98.1 Å². The molecule has 2 aromatic rings. The van der Waals surface area contributed by atoms with Crippen molar-refractivity contribution in [1.82, 2.24) is 0 Å². The standard InChI is InChI=1S/C18H24N.C12H24O2/c1-3-19(4-2,15-17-11-7-5-8-12-17)16-18-13-9-6-10-14-18;1-2-3-4-5-6-7-8-9-10-11-12(13)14/h5-14H,3-4,15-16H2,1-2H3;2-11H2,1H3,(H,13,14)/q+1;/p-1. The first kappa shape index (κ1) is 28.9. The number of carbonyl (C=O) groups is 1. The molecular formula is C30H47NO2. The normalized spacial score (nSPS) is 11.0. The fourth-order valence-electron chi connectivity index (χ4n) is 4.25. The molecule has 0 radical (unpaired) electrons. The summed E-state index contributed by atoms with van der Waals surface area (Å²) in [7, 11) is 0. The minimum atomic E-state index is -0.909. The van der Waals surface area contributed by atoms with E-state index >= 15 is 0 Å². The van der Waals surface area contributed by atoms with Gasteiger partial charge in [-0.05, 0) is 26.7 Å². The molecule has 3 heteroatoms. The Hall–Kier alpha value is -2.13. The van der Waals surface area contributed by atoms with Gasteiger partial charge in [0.1, 0.15) is 13.1 Å². The molecule has 184 valence electrons. The molecule has 0 aliphatic heterocycles. The lowest BCUT2D eigenvalue weighted by Crippen LogP contribution is -2.46. The summed E-state index contributed by atoms with van der Waals surface area (Å²) >= 11 is 0. The number of carboxylic acids is 1. The number of benzene rings is 2. The average Bonchev–Trinajstić information content (AvgIpc) is 2.84. The van der Waals surface area contributed by atoms with Gasteiger partial charge in [0.05, 0.1) is 13.1 Å². The van der Waals surface area contributed by atoms with Crippen LogP contribution < -0.4 is 5.11 Å². The van der Waals surface area contributed by atoms with Crippen LogP contribution >= 0.6 is 0 Å². The number of hydrogen-bond donors (Lipinski definition) is 0. The van der Waals surface area contributed by atoms with E-state index in [0.717, 1.165) is 30.4 Å². The van der Waals surface area contributed by atoms with E-state index < -0.39 is 5.97 Å². The second kappa shape index (κ2) is 18.3. The zero-order valence-corrected chi connectivity index (χ0v) is 21.4. The van der Waals surface area contributed by atoms with Crippen LogP contribution in [0.15, 0.2) is 60.7 Å². The Morgan fingerprint density at radius 2 is 1.03 bits per heavy atom. The Morgan fingerprint density at radius 1 is 0.636 bits per heavy atom. The second-order valence-electron chi connectivity index (χ2n) is 9.21. The van der Waals surface area contributed by atoms with Gasteiger partial charge in [0.15, 0.2) is 0 Å². The van der Waals surface area contributed by atoms with Crippen molar-refractivity contribution in [3.8, 4) is 0 Å². The smallest absolute Gasteiger partial charge is 0.105 e. The molecule has 0 bridgehead atoms. The molecule has 3 nitrogen and oxygen atoms in total. The molecule has 0 heterocycles. The lowest BCUT2D eigenvalue weighted by Gasteiger charge is -2.37. The third-order valence-corrected chi connectivity index (χ3v) is 6.55. The van der Waals surface area contributed by atoms with Crippen LogP contribution in [-0.2, 0) is 17.9 Å². The van der Waals surface area contributed by atoms with Crippen molar-refractivity contribution in [3.05, 3.63) is 71.8 Å². The van der Waals surface area contributed by atoms with Gasteiger partial charge in [0.25, 0.3) is 0 Å². The van der Waals surface area contributed by atoms with Crippen molar-refractivity contribution >= 4 is 5.97 Å².